The number of nitrogens with one attached hydrogen (secondary N) is 1. The van der Waals surface area contributed by atoms with E-state index in [1.807, 2.05) is 0 Å². The smallest absolute Gasteiger partial charge is 0.306 e. The molecule has 0 saturated heterocycles. The molecule has 0 aromatic rings. The first kappa shape index (κ1) is 15.3. The molecular formula is C16H27NO3. The van der Waals surface area contributed by atoms with Gasteiger partial charge in [-0.15, -0.1) is 0 Å². The predicted octanol–water partition coefficient (Wildman–Crippen LogP) is 2.96. The van der Waals surface area contributed by atoms with Gasteiger partial charge in [0.25, 0.3) is 0 Å². The molecule has 2 rings (SSSR count). The zero-order chi connectivity index (χ0) is 14.5. The number of amides is 1. The Morgan fingerprint density at radius 3 is 2.05 bits per heavy atom. The van der Waals surface area contributed by atoms with Gasteiger partial charge in [0.1, 0.15) is 0 Å². The van der Waals surface area contributed by atoms with Gasteiger partial charge < -0.3 is 10.4 Å². The number of carbonyl (C=O) groups excluding carboxylic acids is 1. The third-order valence-electron chi connectivity index (χ3n) is 5.17. The Bertz CT molecular complexity index is 342. The van der Waals surface area contributed by atoms with Crippen molar-refractivity contribution in [1.29, 1.82) is 0 Å². The first-order chi connectivity index (χ1) is 9.58. The SMILES string of the molecule is CC(NC(=O)C1CCC(C(=O)O)CC1)C1CCCCC1. The van der Waals surface area contributed by atoms with Crippen LogP contribution in [0.5, 0.6) is 0 Å². The van der Waals surface area contributed by atoms with Crippen molar-refractivity contribution in [2.24, 2.45) is 17.8 Å². The summed E-state index contributed by atoms with van der Waals surface area (Å²) in [5, 5.41) is 12.2. The van der Waals surface area contributed by atoms with Gasteiger partial charge in [0.2, 0.25) is 5.91 Å². The summed E-state index contributed by atoms with van der Waals surface area (Å²) in [4.78, 5) is 23.2. The fourth-order valence-corrected chi connectivity index (χ4v) is 3.70. The fourth-order valence-electron chi connectivity index (χ4n) is 3.70. The van der Waals surface area contributed by atoms with Crippen molar-refractivity contribution >= 4 is 11.9 Å². The molecule has 0 spiro atoms. The van der Waals surface area contributed by atoms with Crippen molar-refractivity contribution in [3.8, 4) is 0 Å². The van der Waals surface area contributed by atoms with E-state index in [-0.39, 0.29) is 23.8 Å². The largest absolute Gasteiger partial charge is 0.481 e. The Hall–Kier alpha value is -1.06. The summed E-state index contributed by atoms with van der Waals surface area (Å²) in [7, 11) is 0. The van der Waals surface area contributed by atoms with Crippen molar-refractivity contribution in [3.63, 3.8) is 0 Å². The van der Waals surface area contributed by atoms with E-state index in [1.54, 1.807) is 0 Å². The van der Waals surface area contributed by atoms with E-state index in [1.165, 1.54) is 32.1 Å². The molecule has 2 fully saturated rings. The van der Waals surface area contributed by atoms with Crippen LogP contribution in [0.15, 0.2) is 0 Å². The molecule has 1 unspecified atom stereocenters. The number of hydrogen-bond donors (Lipinski definition) is 2. The molecule has 0 heterocycles. The minimum absolute atomic E-state index is 0.0247. The van der Waals surface area contributed by atoms with Crippen LogP contribution in [0.3, 0.4) is 0 Å². The summed E-state index contributed by atoms with van der Waals surface area (Å²) in [5.41, 5.74) is 0. The molecule has 0 aliphatic heterocycles. The highest BCUT2D eigenvalue weighted by atomic mass is 16.4. The second-order valence-electron chi connectivity index (χ2n) is 6.58. The lowest BCUT2D eigenvalue weighted by atomic mass is 9.80. The van der Waals surface area contributed by atoms with Gasteiger partial charge in [-0.05, 0) is 51.4 Å². The lowest BCUT2D eigenvalue weighted by Gasteiger charge is -2.31. The molecule has 2 aliphatic rings. The van der Waals surface area contributed by atoms with Crippen LogP contribution in [-0.2, 0) is 9.59 Å². The van der Waals surface area contributed by atoms with Crippen LogP contribution >= 0.6 is 0 Å². The Labute approximate surface area is 121 Å². The van der Waals surface area contributed by atoms with Gasteiger partial charge in [-0.3, -0.25) is 9.59 Å². The highest BCUT2D eigenvalue weighted by Gasteiger charge is 2.31. The monoisotopic (exact) mass is 281 g/mol. The molecule has 0 aromatic heterocycles. The van der Waals surface area contributed by atoms with Gasteiger partial charge in [0.05, 0.1) is 5.92 Å². The summed E-state index contributed by atoms with van der Waals surface area (Å²) in [6.07, 6.45) is 9.09. The van der Waals surface area contributed by atoms with Crippen LogP contribution in [-0.4, -0.2) is 23.0 Å². The van der Waals surface area contributed by atoms with Crippen molar-refractivity contribution in [2.75, 3.05) is 0 Å². The number of carboxylic acid groups (broad SMARTS) is 1. The topological polar surface area (TPSA) is 66.4 Å². The van der Waals surface area contributed by atoms with Gasteiger partial charge in [-0.1, -0.05) is 19.3 Å². The summed E-state index contributed by atoms with van der Waals surface area (Å²) in [5.74, 6) is -0.152. The normalized spacial score (nSPS) is 29.6. The van der Waals surface area contributed by atoms with Crippen LogP contribution in [0.2, 0.25) is 0 Å². The Balaban J connectivity index is 1.76. The summed E-state index contributed by atoms with van der Waals surface area (Å²) in [6.45, 7) is 2.12. The van der Waals surface area contributed by atoms with E-state index >= 15 is 0 Å². The zero-order valence-electron chi connectivity index (χ0n) is 12.4. The molecule has 2 saturated carbocycles. The molecule has 4 nitrogen and oxygen atoms in total. The van der Waals surface area contributed by atoms with E-state index in [0.717, 1.165) is 12.8 Å². The Morgan fingerprint density at radius 2 is 1.50 bits per heavy atom. The number of aliphatic carboxylic acids is 1. The maximum atomic E-state index is 12.3. The average molecular weight is 281 g/mol. The summed E-state index contributed by atoms with van der Waals surface area (Å²) in [6, 6.07) is 0.264. The minimum Gasteiger partial charge on any atom is -0.481 e. The molecule has 2 aliphatic carbocycles. The van der Waals surface area contributed by atoms with Crippen LogP contribution in [0, 0.1) is 17.8 Å². The van der Waals surface area contributed by atoms with Crippen molar-refractivity contribution in [3.05, 3.63) is 0 Å². The molecule has 0 radical (unpaired) electrons. The number of rotatable bonds is 4. The summed E-state index contributed by atoms with van der Waals surface area (Å²) < 4.78 is 0. The maximum absolute atomic E-state index is 12.3. The van der Waals surface area contributed by atoms with E-state index in [4.69, 9.17) is 5.11 Å². The van der Waals surface area contributed by atoms with Crippen molar-refractivity contribution in [2.45, 2.75) is 70.8 Å². The van der Waals surface area contributed by atoms with Gasteiger partial charge >= 0.3 is 5.97 Å². The zero-order valence-corrected chi connectivity index (χ0v) is 12.4. The Kier molecular flexibility index (Phi) is 5.44. The van der Waals surface area contributed by atoms with Gasteiger partial charge in [0.15, 0.2) is 0 Å². The second kappa shape index (κ2) is 7.09. The number of hydrogen-bond acceptors (Lipinski definition) is 2. The highest BCUT2D eigenvalue weighted by molar-refractivity contribution is 5.79. The average Bonchev–Trinajstić information content (AvgIpc) is 2.48. The maximum Gasteiger partial charge on any atom is 0.306 e. The fraction of sp³-hybridized carbons (Fsp3) is 0.875. The van der Waals surface area contributed by atoms with E-state index in [9.17, 15) is 9.59 Å². The van der Waals surface area contributed by atoms with Crippen LogP contribution in [0.25, 0.3) is 0 Å². The molecule has 20 heavy (non-hydrogen) atoms. The quantitative estimate of drug-likeness (QED) is 0.832. The van der Waals surface area contributed by atoms with Gasteiger partial charge in [0, 0.05) is 12.0 Å². The summed E-state index contributed by atoms with van der Waals surface area (Å²) >= 11 is 0. The lowest BCUT2D eigenvalue weighted by molar-refractivity contribution is -0.144. The molecule has 2 N–H and O–H groups in total. The lowest BCUT2D eigenvalue weighted by Crippen LogP contribution is -2.43. The first-order valence-corrected chi connectivity index (χ1v) is 8.11. The van der Waals surface area contributed by atoms with E-state index in [0.29, 0.717) is 18.8 Å². The molecule has 4 heteroatoms. The molecule has 0 aromatic carbocycles. The van der Waals surface area contributed by atoms with Crippen molar-refractivity contribution in [1.82, 2.24) is 5.32 Å². The minimum atomic E-state index is -0.709. The van der Waals surface area contributed by atoms with E-state index in [2.05, 4.69) is 12.2 Å². The predicted molar refractivity (Wildman–Crippen MR) is 77.3 cm³/mol. The van der Waals surface area contributed by atoms with Gasteiger partial charge in [-0.2, -0.15) is 0 Å². The molecule has 1 amide bonds. The second-order valence-corrected chi connectivity index (χ2v) is 6.58. The molecule has 0 bridgehead atoms. The van der Waals surface area contributed by atoms with Crippen molar-refractivity contribution < 1.29 is 14.7 Å². The van der Waals surface area contributed by atoms with E-state index < -0.39 is 5.97 Å². The van der Waals surface area contributed by atoms with Crippen LogP contribution < -0.4 is 5.32 Å². The molecule has 1 atom stereocenters. The standard InChI is InChI=1S/C16H27NO3/c1-11(12-5-3-2-4-6-12)17-15(18)13-7-9-14(10-8-13)16(19)20/h11-14H,2-10H2,1H3,(H,17,18)(H,19,20). The first-order valence-electron chi connectivity index (χ1n) is 8.11. The third-order valence-corrected chi connectivity index (χ3v) is 5.17. The highest BCUT2D eigenvalue weighted by Crippen LogP contribution is 2.30. The molecule has 114 valence electrons. The number of carboxylic acids is 1. The van der Waals surface area contributed by atoms with Crippen LogP contribution in [0.4, 0.5) is 0 Å². The third kappa shape index (κ3) is 3.97. The van der Waals surface area contributed by atoms with Gasteiger partial charge in [-0.25, -0.2) is 0 Å². The Morgan fingerprint density at radius 1 is 0.950 bits per heavy atom. The van der Waals surface area contributed by atoms with Crippen LogP contribution in [0.1, 0.15) is 64.7 Å². The number of carbonyl (C=O) groups is 2. The molecular weight excluding hydrogens is 254 g/mol.